The summed E-state index contributed by atoms with van der Waals surface area (Å²) in [5.74, 6) is 0. The van der Waals surface area contributed by atoms with Crippen molar-refractivity contribution < 1.29 is 0 Å². The Bertz CT molecular complexity index is 964. The second-order valence-corrected chi connectivity index (χ2v) is 7.80. The van der Waals surface area contributed by atoms with Gasteiger partial charge in [0, 0.05) is 18.3 Å². The molecule has 0 amide bonds. The molecule has 0 aliphatic carbocycles. The number of hydrogen-bond donors (Lipinski definition) is 0. The molecule has 3 heteroatoms. The zero-order valence-electron chi connectivity index (χ0n) is 15.1. The molecular weight excluding hydrogens is 306 g/mol. The molecule has 3 nitrogen and oxygen atoms in total. The molecule has 0 saturated heterocycles. The maximum absolute atomic E-state index is 4.82. The van der Waals surface area contributed by atoms with Crippen LogP contribution in [0, 0.1) is 0 Å². The Labute approximate surface area is 148 Å². The second kappa shape index (κ2) is 6.07. The zero-order valence-corrected chi connectivity index (χ0v) is 15.1. The molecule has 2 heterocycles. The quantitative estimate of drug-likeness (QED) is 0.663. The highest BCUT2D eigenvalue weighted by Crippen LogP contribution is 2.32. The van der Waals surface area contributed by atoms with E-state index >= 15 is 0 Å². The van der Waals surface area contributed by atoms with Gasteiger partial charge in [-0.15, -0.1) is 0 Å². The van der Waals surface area contributed by atoms with E-state index in [0.717, 1.165) is 41.7 Å². The van der Waals surface area contributed by atoms with Crippen molar-refractivity contribution >= 4 is 22.4 Å². The van der Waals surface area contributed by atoms with E-state index in [-0.39, 0.29) is 5.41 Å². The lowest BCUT2D eigenvalue weighted by Gasteiger charge is -2.19. The van der Waals surface area contributed by atoms with E-state index in [2.05, 4.69) is 44.0 Å². The predicted molar refractivity (Wildman–Crippen MR) is 104 cm³/mol. The maximum Gasteiger partial charge on any atom is 0.0890 e. The van der Waals surface area contributed by atoms with E-state index in [1.807, 2.05) is 30.5 Å². The number of fused-ring (bicyclic) bond motifs is 2. The molecule has 0 fully saturated rings. The van der Waals surface area contributed by atoms with Gasteiger partial charge in [-0.25, -0.2) is 4.98 Å². The van der Waals surface area contributed by atoms with Crippen molar-refractivity contribution in [2.24, 2.45) is 4.99 Å². The van der Waals surface area contributed by atoms with Crippen LogP contribution in [0.15, 0.2) is 53.7 Å². The van der Waals surface area contributed by atoms with Crippen LogP contribution in [0.5, 0.6) is 0 Å². The van der Waals surface area contributed by atoms with Crippen LogP contribution in [0.3, 0.4) is 0 Å². The number of nitrogens with zero attached hydrogens (tertiary/aromatic N) is 3. The van der Waals surface area contributed by atoms with Crippen LogP contribution in [0.1, 0.15) is 44.0 Å². The summed E-state index contributed by atoms with van der Waals surface area (Å²) in [6.07, 6.45) is 4.67. The lowest BCUT2D eigenvalue weighted by Crippen LogP contribution is -2.11. The third-order valence-electron chi connectivity index (χ3n) is 4.79. The van der Waals surface area contributed by atoms with E-state index in [9.17, 15) is 0 Å². The molecule has 0 saturated carbocycles. The first-order valence-corrected chi connectivity index (χ1v) is 8.89. The van der Waals surface area contributed by atoms with Gasteiger partial charge in [-0.2, -0.15) is 0 Å². The fourth-order valence-corrected chi connectivity index (χ4v) is 3.27. The molecule has 0 bridgehead atoms. The van der Waals surface area contributed by atoms with Crippen molar-refractivity contribution in [3.8, 4) is 0 Å². The van der Waals surface area contributed by atoms with Gasteiger partial charge in [-0.05, 0) is 47.6 Å². The summed E-state index contributed by atoms with van der Waals surface area (Å²) in [6.45, 7) is 6.76. The van der Waals surface area contributed by atoms with Crippen molar-refractivity contribution in [2.45, 2.75) is 45.4 Å². The summed E-state index contributed by atoms with van der Waals surface area (Å²) < 4.78 is 0. The summed E-state index contributed by atoms with van der Waals surface area (Å²) in [5, 5.41) is 0. The smallest absolute Gasteiger partial charge is 0.0890 e. The highest BCUT2D eigenvalue weighted by atomic mass is 14.8. The van der Waals surface area contributed by atoms with Crippen LogP contribution in [-0.2, 0) is 18.3 Å². The first-order valence-electron chi connectivity index (χ1n) is 8.89. The van der Waals surface area contributed by atoms with Crippen molar-refractivity contribution in [1.29, 1.82) is 0 Å². The number of aliphatic imine (C=N–C) groups is 1. The van der Waals surface area contributed by atoms with Gasteiger partial charge in [0.25, 0.3) is 0 Å². The molecule has 4 rings (SSSR count). The molecule has 1 aliphatic rings. The Balaban J connectivity index is 1.47. The van der Waals surface area contributed by atoms with Crippen molar-refractivity contribution in [3.05, 3.63) is 65.5 Å². The SMILES string of the molecule is CC(C)(C)c1ccc2c(c1)CC(CCc1cnc3ccccc3n1)=N2. The summed E-state index contributed by atoms with van der Waals surface area (Å²) in [4.78, 5) is 14.0. The molecule has 0 radical (unpaired) electrons. The van der Waals surface area contributed by atoms with Gasteiger partial charge in [-0.3, -0.25) is 9.98 Å². The van der Waals surface area contributed by atoms with Crippen LogP contribution in [0.2, 0.25) is 0 Å². The van der Waals surface area contributed by atoms with Crippen molar-refractivity contribution in [1.82, 2.24) is 9.97 Å². The molecule has 0 N–H and O–H groups in total. The molecule has 1 aromatic heterocycles. The Morgan fingerprint density at radius 2 is 1.76 bits per heavy atom. The molecule has 25 heavy (non-hydrogen) atoms. The first-order chi connectivity index (χ1) is 12.0. The maximum atomic E-state index is 4.82. The fourth-order valence-electron chi connectivity index (χ4n) is 3.27. The average Bonchev–Trinajstić information content (AvgIpc) is 3.01. The van der Waals surface area contributed by atoms with Gasteiger partial charge in [0.15, 0.2) is 0 Å². The monoisotopic (exact) mass is 329 g/mol. The van der Waals surface area contributed by atoms with Gasteiger partial charge in [0.05, 0.1) is 22.4 Å². The Hall–Kier alpha value is -2.55. The summed E-state index contributed by atoms with van der Waals surface area (Å²) in [6, 6.07) is 14.7. The van der Waals surface area contributed by atoms with E-state index < -0.39 is 0 Å². The molecule has 2 aromatic carbocycles. The molecule has 3 aromatic rings. The van der Waals surface area contributed by atoms with Gasteiger partial charge in [0.1, 0.15) is 0 Å². The molecule has 1 aliphatic heterocycles. The number of hydrogen-bond acceptors (Lipinski definition) is 3. The standard InChI is InChI=1S/C22H23N3/c1-22(2,3)16-8-11-19-15(12-16)13-17(24-19)9-10-18-14-23-20-6-4-5-7-21(20)25-18/h4-8,11-12,14H,9-10,13H2,1-3H3. The average molecular weight is 329 g/mol. The topological polar surface area (TPSA) is 38.1 Å². The lowest BCUT2D eigenvalue weighted by molar-refractivity contribution is 0.590. The van der Waals surface area contributed by atoms with Gasteiger partial charge in [0.2, 0.25) is 0 Å². The van der Waals surface area contributed by atoms with Crippen LogP contribution in [-0.4, -0.2) is 15.7 Å². The normalized spacial score (nSPS) is 13.8. The van der Waals surface area contributed by atoms with Crippen LogP contribution in [0.4, 0.5) is 5.69 Å². The highest BCUT2D eigenvalue weighted by Gasteiger charge is 2.19. The minimum atomic E-state index is 0.179. The van der Waals surface area contributed by atoms with Crippen molar-refractivity contribution in [3.63, 3.8) is 0 Å². The van der Waals surface area contributed by atoms with E-state index in [4.69, 9.17) is 9.98 Å². The van der Waals surface area contributed by atoms with Gasteiger partial charge >= 0.3 is 0 Å². The molecular formula is C22H23N3. The van der Waals surface area contributed by atoms with Crippen LogP contribution < -0.4 is 0 Å². The third kappa shape index (κ3) is 3.32. The summed E-state index contributed by atoms with van der Waals surface area (Å²) >= 11 is 0. The zero-order chi connectivity index (χ0) is 17.4. The molecule has 0 atom stereocenters. The van der Waals surface area contributed by atoms with Gasteiger partial charge < -0.3 is 0 Å². The highest BCUT2D eigenvalue weighted by molar-refractivity contribution is 5.94. The van der Waals surface area contributed by atoms with E-state index in [0.29, 0.717) is 0 Å². The minimum Gasteiger partial charge on any atom is -0.257 e. The third-order valence-corrected chi connectivity index (χ3v) is 4.79. The fraction of sp³-hybridized carbons (Fsp3) is 0.318. The largest absolute Gasteiger partial charge is 0.257 e. The Kier molecular flexibility index (Phi) is 3.87. The first kappa shape index (κ1) is 15.9. The number of aromatic nitrogens is 2. The summed E-state index contributed by atoms with van der Waals surface area (Å²) in [5.41, 5.74) is 8.24. The molecule has 0 spiro atoms. The van der Waals surface area contributed by atoms with Crippen LogP contribution in [0.25, 0.3) is 11.0 Å². The van der Waals surface area contributed by atoms with E-state index in [1.165, 1.54) is 16.8 Å². The molecule has 0 unspecified atom stereocenters. The number of para-hydroxylation sites is 2. The number of rotatable bonds is 3. The number of aryl methyl sites for hydroxylation is 1. The van der Waals surface area contributed by atoms with Crippen LogP contribution >= 0.6 is 0 Å². The lowest BCUT2D eigenvalue weighted by atomic mass is 9.85. The second-order valence-electron chi connectivity index (χ2n) is 7.80. The number of benzene rings is 2. The van der Waals surface area contributed by atoms with E-state index in [1.54, 1.807) is 0 Å². The van der Waals surface area contributed by atoms with Gasteiger partial charge in [-0.1, -0.05) is 45.0 Å². The Morgan fingerprint density at radius 1 is 0.960 bits per heavy atom. The predicted octanol–water partition coefficient (Wildman–Crippen LogP) is 5.19. The minimum absolute atomic E-state index is 0.179. The van der Waals surface area contributed by atoms with Crippen molar-refractivity contribution in [2.75, 3.05) is 0 Å². The summed E-state index contributed by atoms with van der Waals surface area (Å²) in [7, 11) is 0. The Morgan fingerprint density at radius 3 is 2.56 bits per heavy atom. The molecule has 126 valence electrons.